The molecule has 0 fully saturated rings. The molecule has 0 aromatic carbocycles. The van der Waals surface area contributed by atoms with Crippen LogP contribution in [0.25, 0.3) is 0 Å². The monoisotopic (exact) mass is 172 g/mol. The van der Waals surface area contributed by atoms with Gasteiger partial charge in [0, 0.05) is 11.6 Å². The Bertz CT molecular complexity index is 299. The molecule has 0 aromatic heterocycles. The summed E-state index contributed by atoms with van der Waals surface area (Å²) in [5.41, 5.74) is 0.00231. The first-order chi connectivity index (χ1) is 5.04. The van der Waals surface area contributed by atoms with Gasteiger partial charge in [0.1, 0.15) is 5.76 Å². The lowest BCUT2D eigenvalue weighted by Gasteiger charge is -2.07. The zero-order valence-corrected chi connectivity index (χ0v) is 6.47. The molecular formula is C7H5ClO3. The summed E-state index contributed by atoms with van der Waals surface area (Å²) in [6.45, 7) is 1.35. The standard InChI is InChI=1S/C7H5ClO3/c1-3-6(10)4(8)2-5(9)7(3)11/h2,10H,1H3. The van der Waals surface area contributed by atoms with Gasteiger partial charge in [-0.1, -0.05) is 11.6 Å². The molecule has 0 amide bonds. The molecule has 0 aromatic rings. The Kier molecular flexibility index (Phi) is 1.83. The highest BCUT2D eigenvalue weighted by Crippen LogP contribution is 2.21. The van der Waals surface area contributed by atoms with Crippen LogP contribution < -0.4 is 0 Å². The van der Waals surface area contributed by atoms with Crippen LogP contribution in [0.3, 0.4) is 0 Å². The Morgan fingerprint density at radius 2 is 2.00 bits per heavy atom. The van der Waals surface area contributed by atoms with Gasteiger partial charge in [-0.3, -0.25) is 9.59 Å². The highest BCUT2D eigenvalue weighted by atomic mass is 35.5. The van der Waals surface area contributed by atoms with Crippen LogP contribution in [0, 0.1) is 0 Å². The number of ketones is 2. The second-order valence-corrected chi connectivity index (χ2v) is 2.57. The van der Waals surface area contributed by atoms with Crippen molar-refractivity contribution < 1.29 is 14.7 Å². The molecule has 3 nitrogen and oxygen atoms in total. The van der Waals surface area contributed by atoms with E-state index in [9.17, 15) is 9.59 Å². The fourth-order valence-corrected chi connectivity index (χ4v) is 0.961. The van der Waals surface area contributed by atoms with Crippen molar-refractivity contribution in [1.82, 2.24) is 0 Å². The summed E-state index contributed by atoms with van der Waals surface area (Å²) in [7, 11) is 0. The molecule has 1 aliphatic rings. The highest BCUT2D eigenvalue weighted by Gasteiger charge is 2.24. The molecule has 0 bridgehead atoms. The van der Waals surface area contributed by atoms with Crippen LogP contribution >= 0.6 is 11.6 Å². The van der Waals surface area contributed by atoms with Crippen LogP contribution in [0.1, 0.15) is 6.92 Å². The molecule has 0 spiro atoms. The molecular weight excluding hydrogens is 168 g/mol. The zero-order chi connectivity index (χ0) is 8.59. The summed E-state index contributed by atoms with van der Waals surface area (Å²) in [4.78, 5) is 21.5. The van der Waals surface area contributed by atoms with Gasteiger partial charge >= 0.3 is 0 Å². The fraction of sp³-hybridized carbons (Fsp3) is 0.143. The summed E-state index contributed by atoms with van der Waals surface area (Å²) >= 11 is 5.40. The number of rotatable bonds is 0. The quantitative estimate of drug-likeness (QED) is 0.440. The number of Topliss-reactive ketones (excluding diaryl/α,β-unsaturated/α-hetero) is 1. The molecule has 1 aliphatic carbocycles. The van der Waals surface area contributed by atoms with E-state index in [1.165, 1.54) is 6.92 Å². The summed E-state index contributed by atoms with van der Waals surface area (Å²) in [5, 5.41) is 8.96. The summed E-state index contributed by atoms with van der Waals surface area (Å²) in [6.07, 6.45) is 0.909. The molecule has 0 aliphatic heterocycles. The Balaban J connectivity index is 3.22. The number of halogens is 1. The first-order valence-electron chi connectivity index (χ1n) is 2.90. The van der Waals surface area contributed by atoms with E-state index in [0.29, 0.717) is 0 Å². The van der Waals surface area contributed by atoms with Gasteiger partial charge in [-0.2, -0.15) is 0 Å². The maximum absolute atomic E-state index is 10.8. The molecule has 11 heavy (non-hydrogen) atoms. The van der Waals surface area contributed by atoms with Crippen LogP contribution in [0.4, 0.5) is 0 Å². The third-order valence-corrected chi connectivity index (χ3v) is 1.69. The number of aliphatic hydroxyl groups is 1. The summed E-state index contributed by atoms with van der Waals surface area (Å²) < 4.78 is 0. The van der Waals surface area contributed by atoms with Crippen LogP contribution in [0.15, 0.2) is 22.4 Å². The minimum Gasteiger partial charge on any atom is -0.506 e. The van der Waals surface area contributed by atoms with Gasteiger partial charge in [0.2, 0.25) is 11.6 Å². The Labute approximate surface area is 68.0 Å². The van der Waals surface area contributed by atoms with Crippen molar-refractivity contribution in [3.05, 3.63) is 22.4 Å². The van der Waals surface area contributed by atoms with E-state index < -0.39 is 11.6 Å². The lowest BCUT2D eigenvalue weighted by Crippen LogP contribution is -2.18. The predicted octanol–water partition coefficient (Wildman–Crippen LogP) is 1.09. The van der Waals surface area contributed by atoms with E-state index in [-0.39, 0.29) is 16.4 Å². The van der Waals surface area contributed by atoms with Gasteiger partial charge in [0.05, 0.1) is 5.03 Å². The van der Waals surface area contributed by atoms with Gasteiger partial charge in [-0.15, -0.1) is 0 Å². The van der Waals surface area contributed by atoms with Crippen molar-refractivity contribution in [1.29, 1.82) is 0 Å². The summed E-state index contributed by atoms with van der Waals surface area (Å²) in [5.74, 6) is -1.70. The van der Waals surface area contributed by atoms with Gasteiger partial charge in [-0.25, -0.2) is 0 Å². The topological polar surface area (TPSA) is 54.4 Å². The lowest BCUT2D eigenvalue weighted by molar-refractivity contribution is -0.131. The molecule has 4 heteroatoms. The zero-order valence-electron chi connectivity index (χ0n) is 5.72. The molecule has 58 valence electrons. The Morgan fingerprint density at radius 1 is 1.45 bits per heavy atom. The minimum atomic E-state index is -0.702. The SMILES string of the molecule is CC1=C(O)C(Cl)=CC(=O)C1=O. The number of allylic oxidation sites excluding steroid dienone is 3. The van der Waals surface area contributed by atoms with Crippen molar-refractivity contribution in [2.45, 2.75) is 6.92 Å². The van der Waals surface area contributed by atoms with Crippen molar-refractivity contribution in [2.75, 3.05) is 0 Å². The maximum Gasteiger partial charge on any atom is 0.232 e. The van der Waals surface area contributed by atoms with E-state index in [1.807, 2.05) is 0 Å². The predicted molar refractivity (Wildman–Crippen MR) is 39.3 cm³/mol. The molecule has 0 unspecified atom stereocenters. The largest absolute Gasteiger partial charge is 0.506 e. The second kappa shape index (κ2) is 2.51. The Morgan fingerprint density at radius 3 is 2.55 bits per heavy atom. The average Bonchev–Trinajstić information content (AvgIpc) is 1.97. The molecule has 0 saturated heterocycles. The van der Waals surface area contributed by atoms with Crippen LogP contribution in [0.2, 0.25) is 0 Å². The first-order valence-corrected chi connectivity index (χ1v) is 3.28. The van der Waals surface area contributed by atoms with Gasteiger partial charge < -0.3 is 5.11 Å². The first kappa shape index (κ1) is 8.01. The Hall–Kier alpha value is -1.09. The molecule has 0 heterocycles. The molecule has 0 radical (unpaired) electrons. The van der Waals surface area contributed by atoms with Crippen LogP contribution in [0.5, 0.6) is 0 Å². The fourth-order valence-electron chi connectivity index (χ4n) is 0.720. The van der Waals surface area contributed by atoms with Gasteiger partial charge in [0.25, 0.3) is 0 Å². The molecule has 1 N–H and O–H groups in total. The maximum atomic E-state index is 10.8. The third-order valence-electron chi connectivity index (χ3n) is 1.40. The van der Waals surface area contributed by atoms with E-state index in [1.54, 1.807) is 0 Å². The number of hydrogen-bond acceptors (Lipinski definition) is 3. The summed E-state index contributed by atoms with van der Waals surface area (Å²) in [6, 6.07) is 0. The van der Waals surface area contributed by atoms with Gasteiger partial charge in [0.15, 0.2) is 0 Å². The van der Waals surface area contributed by atoms with Crippen molar-refractivity contribution >= 4 is 23.2 Å². The number of hydrogen-bond donors (Lipinski definition) is 1. The van der Waals surface area contributed by atoms with Crippen molar-refractivity contribution in [3.8, 4) is 0 Å². The van der Waals surface area contributed by atoms with Crippen LogP contribution in [-0.2, 0) is 9.59 Å². The van der Waals surface area contributed by atoms with E-state index in [0.717, 1.165) is 6.08 Å². The number of carbonyl (C=O) groups is 2. The smallest absolute Gasteiger partial charge is 0.232 e. The lowest BCUT2D eigenvalue weighted by atomic mass is 10.0. The third kappa shape index (κ3) is 1.19. The minimum absolute atomic E-state index is 0.00231. The van der Waals surface area contributed by atoms with E-state index in [4.69, 9.17) is 16.7 Å². The van der Waals surface area contributed by atoms with Crippen LogP contribution in [-0.4, -0.2) is 16.7 Å². The van der Waals surface area contributed by atoms with E-state index in [2.05, 4.69) is 0 Å². The molecule has 0 atom stereocenters. The van der Waals surface area contributed by atoms with E-state index >= 15 is 0 Å². The highest BCUT2D eigenvalue weighted by molar-refractivity contribution is 6.51. The normalized spacial score (nSPS) is 18.9. The average molecular weight is 173 g/mol. The molecule has 0 saturated carbocycles. The molecule has 1 rings (SSSR count). The van der Waals surface area contributed by atoms with Gasteiger partial charge in [-0.05, 0) is 6.92 Å². The number of aliphatic hydroxyl groups excluding tert-OH is 1. The van der Waals surface area contributed by atoms with Crippen molar-refractivity contribution in [2.24, 2.45) is 0 Å². The van der Waals surface area contributed by atoms with Crippen molar-refractivity contribution in [3.63, 3.8) is 0 Å². The number of carbonyl (C=O) groups excluding carboxylic acids is 2. The second-order valence-electron chi connectivity index (χ2n) is 2.16.